The molecule has 1 fully saturated rings. The van der Waals surface area contributed by atoms with Crippen LogP contribution in [0.3, 0.4) is 0 Å². The topological polar surface area (TPSA) is 86.7 Å². The summed E-state index contributed by atoms with van der Waals surface area (Å²) in [5, 5.41) is 10.1. The molecule has 1 aromatic rings. The van der Waals surface area contributed by atoms with E-state index in [0.29, 0.717) is 0 Å². The van der Waals surface area contributed by atoms with Crippen molar-refractivity contribution in [1.82, 2.24) is 10.4 Å². The fourth-order valence-corrected chi connectivity index (χ4v) is 2.03. The molecule has 1 aliphatic rings. The number of nitrogens with zero attached hydrogens (tertiary/aromatic N) is 1. The van der Waals surface area contributed by atoms with Crippen molar-refractivity contribution in [2.45, 2.75) is 6.42 Å². The van der Waals surface area contributed by atoms with Crippen LogP contribution in [0.4, 0.5) is 0 Å². The second-order valence-electron chi connectivity index (χ2n) is 4.16. The zero-order valence-corrected chi connectivity index (χ0v) is 10.6. The number of aliphatic carboxylic acids is 1. The van der Waals surface area contributed by atoms with E-state index in [2.05, 4.69) is 5.43 Å². The number of hydrogen-bond acceptors (Lipinski definition) is 3. The number of carbonyl (C=O) groups excluding carboxylic acids is 2. The Hall–Kier alpha value is -2.08. The highest BCUT2D eigenvalue weighted by Gasteiger charge is 2.35. The fourth-order valence-electron chi connectivity index (χ4n) is 1.81. The minimum Gasteiger partial charge on any atom is -0.481 e. The summed E-state index contributed by atoms with van der Waals surface area (Å²) in [6, 6.07) is 6.41. The van der Waals surface area contributed by atoms with Gasteiger partial charge in [0.1, 0.15) is 0 Å². The third-order valence-corrected chi connectivity index (χ3v) is 3.16. The van der Waals surface area contributed by atoms with Crippen LogP contribution in [-0.4, -0.2) is 34.4 Å². The van der Waals surface area contributed by atoms with E-state index >= 15 is 0 Å². The van der Waals surface area contributed by atoms with E-state index in [1.54, 1.807) is 18.2 Å². The highest BCUT2D eigenvalue weighted by atomic mass is 35.5. The van der Waals surface area contributed by atoms with Gasteiger partial charge in [-0.1, -0.05) is 23.7 Å². The van der Waals surface area contributed by atoms with Crippen molar-refractivity contribution < 1.29 is 19.5 Å². The number of rotatable bonds is 3. The second kappa shape index (κ2) is 5.27. The van der Waals surface area contributed by atoms with Gasteiger partial charge in [-0.3, -0.25) is 24.8 Å². The smallest absolute Gasteiger partial charge is 0.308 e. The number of carboxylic acids is 1. The lowest BCUT2D eigenvalue weighted by Gasteiger charge is -2.17. The fraction of sp³-hybridized carbons (Fsp3) is 0.250. The summed E-state index contributed by atoms with van der Waals surface area (Å²) >= 11 is 5.86. The molecule has 2 rings (SSSR count). The maximum absolute atomic E-state index is 11.9. The van der Waals surface area contributed by atoms with Crippen LogP contribution in [0.25, 0.3) is 0 Å². The SMILES string of the molecule is O=C(NN1C[C@@H](C(=O)O)CC1=O)c1ccccc1Cl. The molecule has 0 saturated carbocycles. The Labute approximate surface area is 113 Å². The van der Waals surface area contributed by atoms with Gasteiger partial charge in [0.2, 0.25) is 5.91 Å². The average molecular weight is 283 g/mol. The highest BCUT2D eigenvalue weighted by molar-refractivity contribution is 6.33. The molecule has 0 aliphatic carbocycles. The first-order chi connectivity index (χ1) is 8.99. The van der Waals surface area contributed by atoms with E-state index in [4.69, 9.17) is 16.7 Å². The van der Waals surface area contributed by atoms with Crippen molar-refractivity contribution in [3.8, 4) is 0 Å². The van der Waals surface area contributed by atoms with Gasteiger partial charge in [-0.15, -0.1) is 0 Å². The maximum atomic E-state index is 11.9. The number of halogens is 1. The van der Waals surface area contributed by atoms with Crippen molar-refractivity contribution in [2.75, 3.05) is 6.54 Å². The van der Waals surface area contributed by atoms with Gasteiger partial charge in [-0.05, 0) is 12.1 Å². The molecule has 0 spiro atoms. The molecular formula is C12H11ClN2O4. The molecule has 0 bridgehead atoms. The van der Waals surface area contributed by atoms with E-state index in [1.807, 2.05) is 0 Å². The molecule has 0 radical (unpaired) electrons. The first-order valence-corrected chi connectivity index (χ1v) is 5.95. The molecule has 1 aliphatic heterocycles. The molecular weight excluding hydrogens is 272 g/mol. The number of carbonyl (C=O) groups is 3. The van der Waals surface area contributed by atoms with Crippen molar-refractivity contribution in [3.05, 3.63) is 34.9 Å². The largest absolute Gasteiger partial charge is 0.481 e. The van der Waals surface area contributed by atoms with Crippen LogP contribution in [0.2, 0.25) is 5.02 Å². The summed E-state index contributed by atoms with van der Waals surface area (Å²) in [5.41, 5.74) is 2.60. The number of hydrogen-bond donors (Lipinski definition) is 2. The van der Waals surface area contributed by atoms with Crippen LogP contribution in [-0.2, 0) is 9.59 Å². The van der Waals surface area contributed by atoms with Crippen LogP contribution in [0.1, 0.15) is 16.8 Å². The zero-order valence-electron chi connectivity index (χ0n) is 9.80. The lowest BCUT2D eigenvalue weighted by molar-refractivity contribution is -0.141. The molecule has 7 heteroatoms. The highest BCUT2D eigenvalue weighted by Crippen LogP contribution is 2.18. The van der Waals surface area contributed by atoms with Crippen LogP contribution >= 0.6 is 11.6 Å². The normalized spacial score (nSPS) is 18.5. The molecule has 1 saturated heterocycles. The van der Waals surface area contributed by atoms with Crippen molar-refractivity contribution in [3.63, 3.8) is 0 Å². The van der Waals surface area contributed by atoms with Crippen LogP contribution < -0.4 is 5.43 Å². The van der Waals surface area contributed by atoms with Crippen LogP contribution in [0.15, 0.2) is 24.3 Å². The molecule has 1 atom stereocenters. The minimum absolute atomic E-state index is 0.0373. The van der Waals surface area contributed by atoms with Gasteiger partial charge in [-0.2, -0.15) is 0 Å². The molecule has 2 N–H and O–H groups in total. The predicted octanol–water partition coefficient (Wildman–Crippen LogP) is 0.918. The summed E-state index contributed by atoms with van der Waals surface area (Å²) in [4.78, 5) is 34.3. The molecule has 2 amide bonds. The van der Waals surface area contributed by atoms with E-state index < -0.39 is 23.7 Å². The maximum Gasteiger partial charge on any atom is 0.308 e. The second-order valence-corrected chi connectivity index (χ2v) is 4.57. The van der Waals surface area contributed by atoms with Crippen molar-refractivity contribution >= 4 is 29.4 Å². The molecule has 19 heavy (non-hydrogen) atoms. The summed E-state index contributed by atoms with van der Waals surface area (Å²) in [6.07, 6.45) is -0.113. The van der Waals surface area contributed by atoms with E-state index in [1.165, 1.54) is 6.07 Å². The third-order valence-electron chi connectivity index (χ3n) is 2.83. The van der Waals surface area contributed by atoms with Gasteiger partial charge in [0, 0.05) is 6.42 Å². The number of carboxylic acid groups (broad SMARTS) is 1. The summed E-state index contributed by atoms with van der Waals surface area (Å²) < 4.78 is 0. The standard InChI is InChI=1S/C12H11ClN2O4/c13-9-4-2-1-3-8(9)11(17)14-15-6-7(12(18)19)5-10(15)16/h1-4,7H,5-6H2,(H,14,17)(H,18,19)/t7-/m0/s1. The average Bonchev–Trinajstić information content (AvgIpc) is 2.71. The van der Waals surface area contributed by atoms with Crippen molar-refractivity contribution in [1.29, 1.82) is 0 Å². The Morgan fingerprint density at radius 2 is 2.05 bits per heavy atom. The first kappa shape index (κ1) is 13.4. The quantitative estimate of drug-likeness (QED) is 0.863. The Kier molecular flexibility index (Phi) is 3.71. The number of benzene rings is 1. The van der Waals surface area contributed by atoms with E-state index in [0.717, 1.165) is 5.01 Å². The van der Waals surface area contributed by atoms with Gasteiger partial charge in [0.05, 0.1) is 23.0 Å². The Balaban J connectivity index is 2.06. The monoisotopic (exact) mass is 282 g/mol. The molecule has 1 heterocycles. The van der Waals surface area contributed by atoms with Gasteiger partial charge in [0.25, 0.3) is 5.91 Å². The zero-order chi connectivity index (χ0) is 14.0. The molecule has 100 valence electrons. The lowest BCUT2D eigenvalue weighted by Crippen LogP contribution is -2.43. The van der Waals surface area contributed by atoms with Gasteiger partial charge in [0.15, 0.2) is 0 Å². The Morgan fingerprint density at radius 3 is 2.63 bits per heavy atom. The predicted molar refractivity (Wildman–Crippen MR) is 66.4 cm³/mol. The van der Waals surface area contributed by atoms with Crippen molar-refractivity contribution in [2.24, 2.45) is 5.92 Å². The molecule has 0 aromatic heterocycles. The van der Waals surface area contributed by atoms with E-state index in [9.17, 15) is 14.4 Å². The lowest BCUT2D eigenvalue weighted by atomic mass is 10.1. The Morgan fingerprint density at radius 1 is 1.37 bits per heavy atom. The first-order valence-electron chi connectivity index (χ1n) is 5.57. The third kappa shape index (κ3) is 2.85. The molecule has 1 aromatic carbocycles. The number of hydrazine groups is 1. The Bertz CT molecular complexity index is 546. The summed E-state index contributed by atoms with van der Waals surface area (Å²) in [7, 11) is 0. The van der Waals surface area contributed by atoms with Crippen LogP contribution in [0.5, 0.6) is 0 Å². The summed E-state index contributed by atoms with van der Waals surface area (Å²) in [6.45, 7) is -0.0373. The van der Waals surface area contributed by atoms with Gasteiger partial charge >= 0.3 is 5.97 Å². The minimum atomic E-state index is -1.05. The molecule has 0 unspecified atom stereocenters. The van der Waals surface area contributed by atoms with E-state index in [-0.39, 0.29) is 23.6 Å². The van der Waals surface area contributed by atoms with Gasteiger partial charge < -0.3 is 5.11 Å². The summed E-state index contributed by atoms with van der Waals surface area (Å²) in [5.74, 6) is -2.81. The number of nitrogens with one attached hydrogen (secondary N) is 1. The van der Waals surface area contributed by atoms with Gasteiger partial charge in [-0.25, -0.2) is 0 Å². The van der Waals surface area contributed by atoms with Crippen LogP contribution in [0, 0.1) is 5.92 Å². The molecule has 6 nitrogen and oxygen atoms in total. The number of amides is 2.